The third-order valence-electron chi connectivity index (χ3n) is 3.68. The van der Waals surface area contributed by atoms with E-state index >= 15 is 0 Å². The molecule has 0 saturated carbocycles. The van der Waals surface area contributed by atoms with Crippen molar-refractivity contribution in [2.75, 3.05) is 20.8 Å². The lowest BCUT2D eigenvalue weighted by atomic mass is 9.85. The van der Waals surface area contributed by atoms with Crippen LogP contribution in [0.5, 0.6) is 0 Å². The van der Waals surface area contributed by atoms with E-state index in [2.05, 4.69) is 14.5 Å². The molecule has 8 heteroatoms. The molecule has 0 saturated heterocycles. The van der Waals surface area contributed by atoms with Gasteiger partial charge in [0.25, 0.3) is 0 Å². The van der Waals surface area contributed by atoms with Crippen LogP contribution in [0.1, 0.15) is 11.5 Å². The number of hydrogen-bond donors (Lipinski definition) is 1. The summed E-state index contributed by atoms with van der Waals surface area (Å²) in [5.74, 6) is -4.14. The largest absolute Gasteiger partial charge is 0.468 e. The minimum absolute atomic E-state index is 0.498. The fourth-order valence-electron chi connectivity index (χ4n) is 2.62. The Morgan fingerprint density at radius 2 is 1.83 bits per heavy atom. The van der Waals surface area contributed by atoms with Gasteiger partial charge in [-0.1, -0.05) is 18.2 Å². The van der Waals surface area contributed by atoms with E-state index in [1.165, 1.54) is 0 Å². The van der Waals surface area contributed by atoms with Gasteiger partial charge in [0.1, 0.15) is 0 Å². The first-order valence-corrected chi connectivity index (χ1v) is 6.83. The van der Waals surface area contributed by atoms with Crippen LogP contribution in [0.2, 0.25) is 0 Å². The Morgan fingerprint density at radius 3 is 2.39 bits per heavy atom. The zero-order valence-electron chi connectivity index (χ0n) is 12.6. The Labute approximate surface area is 131 Å². The summed E-state index contributed by atoms with van der Waals surface area (Å²) in [6, 6.07) is 7.14. The number of nitrogens with zero attached hydrogens (tertiary/aromatic N) is 1. The number of esters is 2. The van der Waals surface area contributed by atoms with Crippen molar-refractivity contribution in [3.63, 3.8) is 0 Å². The Kier molecular flexibility index (Phi) is 4.95. The highest BCUT2D eigenvalue weighted by molar-refractivity contribution is 5.97. The second kappa shape index (κ2) is 6.91. The number of fused-ring (bicyclic) bond motifs is 1. The number of nitrogens with one attached hydrogen (secondary N) is 1. The fraction of sp³-hybridized carbons (Fsp3) is 0.333. The van der Waals surface area contributed by atoms with Crippen molar-refractivity contribution >= 4 is 22.8 Å². The molecule has 1 aromatic heterocycles. The summed E-state index contributed by atoms with van der Waals surface area (Å²) in [7, 11) is 2.24. The lowest BCUT2D eigenvalue weighted by molar-refractivity contribution is -0.484. The van der Waals surface area contributed by atoms with Crippen molar-refractivity contribution in [2.24, 2.45) is 5.92 Å². The number of benzene rings is 1. The molecular weight excluding hydrogens is 304 g/mol. The molecule has 1 atom stereocenters. The molecule has 1 unspecified atom stereocenters. The average molecular weight is 320 g/mol. The molecular formula is C15H16N2O6. The summed E-state index contributed by atoms with van der Waals surface area (Å²) in [6.07, 6.45) is 1.57. The second-order valence-corrected chi connectivity index (χ2v) is 4.94. The maximum atomic E-state index is 12.0. The molecule has 2 rings (SSSR count). The predicted octanol–water partition coefficient (Wildman–Crippen LogP) is 1.49. The van der Waals surface area contributed by atoms with E-state index in [1.807, 2.05) is 6.07 Å². The number of nitro groups is 1. The van der Waals surface area contributed by atoms with Crippen LogP contribution < -0.4 is 0 Å². The number of ether oxygens (including phenoxy) is 2. The van der Waals surface area contributed by atoms with Crippen LogP contribution in [-0.4, -0.2) is 42.6 Å². The summed E-state index contributed by atoms with van der Waals surface area (Å²) in [5, 5.41) is 11.8. The van der Waals surface area contributed by atoms with Crippen molar-refractivity contribution in [2.45, 2.75) is 5.92 Å². The molecule has 0 radical (unpaired) electrons. The first-order valence-electron chi connectivity index (χ1n) is 6.83. The van der Waals surface area contributed by atoms with E-state index in [0.717, 1.165) is 19.7 Å². The van der Waals surface area contributed by atoms with E-state index in [1.54, 1.807) is 24.4 Å². The number of aromatic nitrogens is 1. The van der Waals surface area contributed by atoms with Gasteiger partial charge < -0.3 is 14.5 Å². The molecule has 23 heavy (non-hydrogen) atoms. The van der Waals surface area contributed by atoms with Crippen LogP contribution in [0.15, 0.2) is 30.5 Å². The molecule has 122 valence electrons. The first-order chi connectivity index (χ1) is 11.0. The number of carbonyl (C=O) groups excluding carboxylic acids is 2. The lowest BCUT2D eigenvalue weighted by Crippen LogP contribution is -2.35. The quantitative estimate of drug-likeness (QED) is 0.373. The average Bonchev–Trinajstić information content (AvgIpc) is 2.97. The van der Waals surface area contributed by atoms with Gasteiger partial charge in [-0.15, -0.1) is 0 Å². The monoisotopic (exact) mass is 320 g/mol. The van der Waals surface area contributed by atoms with Gasteiger partial charge in [-0.05, 0) is 11.6 Å². The number of aromatic amines is 1. The first kappa shape index (κ1) is 16.5. The normalized spacial score (nSPS) is 12.1. The van der Waals surface area contributed by atoms with E-state index in [-0.39, 0.29) is 0 Å². The maximum Gasteiger partial charge on any atom is 0.320 e. The summed E-state index contributed by atoms with van der Waals surface area (Å²) >= 11 is 0. The molecule has 2 aromatic rings. The summed E-state index contributed by atoms with van der Waals surface area (Å²) in [5.41, 5.74) is 1.25. The van der Waals surface area contributed by atoms with Crippen LogP contribution in [-0.2, 0) is 19.1 Å². The Bertz CT molecular complexity index is 722. The Balaban J connectivity index is 2.56. The molecule has 0 aliphatic rings. The molecule has 1 heterocycles. The summed E-state index contributed by atoms with van der Waals surface area (Å²) < 4.78 is 9.27. The molecule has 1 N–H and O–H groups in total. The van der Waals surface area contributed by atoms with Crippen LogP contribution in [0.3, 0.4) is 0 Å². The van der Waals surface area contributed by atoms with Crippen molar-refractivity contribution in [3.8, 4) is 0 Å². The van der Waals surface area contributed by atoms with Gasteiger partial charge in [-0.2, -0.15) is 0 Å². The summed E-state index contributed by atoms with van der Waals surface area (Å²) in [6.45, 7) is -0.600. The van der Waals surface area contributed by atoms with Crippen LogP contribution in [0.4, 0.5) is 0 Å². The number of hydrogen-bond acceptors (Lipinski definition) is 6. The van der Waals surface area contributed by atoms with Gasteiger partial charge in [0, 0.05) is 22.0 Å². The van der Waals surface area contributed by atoms with E-state index < -0.39 is 35.2 Å². The zero-order chi connectivity index (χ0) is 17.0. The molecule has 0 fully saturated rings. The minimum atomic E-state index is -1.41. The Morgan fingerprint density at radius 1 is 1.22 bits per heavy atom. The molecule has 0 bridgehead atoms. The number of H-pyrrole nitrogens is 1. The van der Waals surface area contributed by atoms with Crippen molar-refractivity contribution < 1.29 is 24.0 Å². The SMILES string of the molecule is COC(=O)C(C(=O)OC)C(C[N+](=O)[O-])c1c[nH]c2ccccc12. The standard InChI is InChI=1S/C15H16N2O6/c1-22-14(18)13(15(19)23-2)11(8-17(20)21)10-7-16-12-6-4-3-5-9(10)12/h3-7,11,13,16H,8H2,1-2H3. The van der Waals surface area contributed by atoms with Crippen LogP contribution in [0, 0.1) is 16.0 Å². The van der Waals surface area contributed by atoms with Crippen LogP contribution >= 0.6 is 0 Å². The van der Waals surface area contributed by atoms with Crippen molar-refractivity contribution in [3.05, 3.63) is 46.1 Å². The van der Waals surface area contributed by atoms with E-state index in [4.69, 9.17) is 0 Å². The highest BCUT2D eigenvalue weighted by Crippen LogP contribution is 2.32. The molecule has 0 spiro atoms. The summed E-state index contributed by atoms with van der Waals surface area (Å²) in [4.78, 5) is 37.5. The number of methoxy groups -OCH3 is 2. The van der Waals surface area contributed by atoms with Gasteiger partial charge in [-0.25, -0.2) is 0 Å². The smallest absolute Gasteiger partial charge is 0.320 e. The van der Waals surface area contributed by atoms with Gasteiger partial charge in [0.15, 0.2) is 5.92 Å². The Hall–Kier alpha value is -2.90. The second-order valence-electron chi connectivity index (χ2n) is 4.94. The van der Waals surface area contributed by atoms with Gasteiger partial charge in [0.05, 0.1) is 20.1 Å². The lowest BCUT2D eigenvalue weighted by Gasteiger charge is -2.20. The van der Waals surface area contributed by atoms with Gasteiger partial charge in [-0.3, -0.25) is 19.7 Å². The number of carbonyl (C=O) groups is 2. The molecule has 1 aromatic carbocycles. The van der Waals surface area contributed by atoms with E-state index in [0.29, 0.717) is 10.9 Å². The molecule has 0 aliphatic heterocycles. The number of rotatable bonds is 6. The van der Waals surface area contributed by atoms with Gasteiger partial charge in [0.2, 0.25) is 6.54 Å². The minimum Gasteiger partial charge on any atom is -0.468 e. The topological polar surface area (TPSA) is 112 Å². The number of para-hydroxylation sites is 1. The van der Waals surface area contributed by atoms with Gasteiger partial charge >= 0.3 is 11.9 Å². The highest BCUT2D eigenvalue weighted by Gasteiger charge is 2.41. The highest BCUT2D eigenvalue weighted by atomic mass is 16.6. The molecule has 8 nitrogen and oxygen atoms in total. The molecule has 0 aliphatic carbocycles. The van der Waals surface area contributed by atoms with Crippen LogP contribution in [0.25, 0.3) is 10.9 Å². The van der Waals surface area contributed by atoms with Crippen molar-refractivity contribution in [1.29, 1.82) is 0 Å². The maximum absolute atomic E-state index is 12.0. The zero-order valence-corrected chi connectivity index (χ0v) is 12.6. The van der Waals surface area contributed by atoms with Crippen molar-refractivity contribution in [1.82, 2.24) is 4.98 Å². The predicted molar refractivity (Wildman–Crippen MR) is 80.4 cm³/mol. The van der Waals surface area contributed by atoms with E-state index in [9.17, 15) is 19.7 Å². The fourth-order valence-corrected chi connectivity index (χ4v) is 2.62. The molecule has 0 amide bonds. The third kappa shape index (κ3) is 3.31. The third-order valence-corrected chi connectivity index (χ3v) is 3.68.